The Balaban J connectivity index is 1.21. The van der Waals surface area contributed by atoms with Gasteiger partial charge >= 0.3 is 0 Å². The second-order valence-electron chi connectivity index (χ2n) is 15.3. The second-order valence-corrected chi connectivity index (χ2v) is 15.3. The molecule has 1 aromatic heterocycles. The van der Waals surface area contributed by atoms with Crippen molar-refractivity contribution >= 4 is 75.7 Å². The van der Waals surface area contributed by atoms with Crippen LogP contribution in [-0.4, -0.2) is 4.57 Å². The molecule has 0 spiro atoms. The van der Waals surface area contributed by atoms with E-state index >= 15 is 0 Å². The molecule has 0 atom stereocenters. The van der Waals surface area contributed by atoms with Gasteiger partial charge in [0.15, 0.2) is 0 Å². The van der Waals surface area contributed by atoms with Crippen LogP contribution in [0.5, 0.6) is 0 Å². The van der Waals surface area contributed by atoms with Crippen molar-refractivity contribution in [3.05, 3.63) is 199 Å². The zero-order valence-electron chi connectivity index (χ0n) is 31.2. The molecule has 0 radical (unpaired) electrons. The zero-order valence-corrected chi connectivity index (χ0v) is 31.2. The Hall–Kier alpha value is -7.80. The third-order valence-corrected chi connectivity index (χ3v) is 12.2. The monoisotopic (exact) mass is 738 g/mol. The summed E-state index contributed by atoms with van der Waals surface area (Å²) in [6.07, 6.45) is 0. The molecule has 0 aliphatic carbocycles. The van der Waals surface area contributed by atoms with Crippen molar-refractivity contribution in [1.29, 1.82) is 5.26 Å². The van der Waals surface area contributed by atoms with E-state index in [1.807, 2.05) is 24.3 Å². The van der Waals surface area contributed by atoms with E-state index in [1.165, 1.54) is 77.5 Å². The Morgan fingerprint density at radius 3 is 1.57 bits per heavy atom. The molecule has 0 N–H and O–H groups in total. The standard InChI is InChI=1S/C55H31FN2/c56-40-22-24-41(25-23-40)58-50-28-33(32-57)27-37-19-20-38-29-39(31-51(58)53(38)52(37)50)36-21-26-48-49(30-36)55(45-18-8-12-35-10-2-4-14-43(35)45)47-16-6-5-15-46(47)54(48)44-17-7-11-34-9-1-3-13-42(34)44/h1-31H. The topological polar surface area (TPSA) is 28.7 Å². The zero-order chi connectivity index (χ0) is 38.5. The van der Waals surface area contributed by atoms with E-state index in [9.17, 15) is 9.65 Å². The molecule has 11 aromatic carbocycles. The van der Waals surface area contributed by atoms with Gasteiger partial charge in [-0.25, -0.2) is 4.39 Å². The van der Waals surface area contributed by atoms with Gasteiger partial charge in [0.2, 0.25) is 0 Å². The average Bonchev–Trinajstić information content (AvgIpc) is 3.61. The number of benzene rings is 11. The number of hydrogen-bond donors (Lipinski definition) is 0. The van der Waals surface area contributed by atoms with Crippen molar-refractivity contribution in [1.82, 2.24) is 4.57 Å². The second kappa shape index (κ2) is 12.4. The fraction of sp³-hybridized carbons (Fsp3) is 0. The number of nitriles is 1. The summed E-state index contributed by atoms with van der Waals surface area (Å²) < 4.78 is 16.5. The van der Waals surface area contributed by atoms with Crippen molar-refractivity contribution in [2.24, 2.45) is 0 Å². The average molecular weight is 739 g/mol. The lowest BCUT2D eigenvalue weighted by molar-refractivity contribution is 0.627. The fourth-order valence-electron chi connectivity index (χ4n) is 9.69. The molecule has 0 saturated heterocycles. The molecule has 1 heterocycles. The van der Waals surface area contributed by atoms with Crippen LogP contribution in [0.2, 0.25) is 0 Å². The smallest absolute Gasteiger partial charge is 0.123 e. The Kier molecular flexibility index (Phi) is 6.91. The maximum Gasteiger partial charge on any atom is 0.123 e. The molecule has 12 rings (SSSR count). The number of nitrogens with zero attached hydrogens (tertiary/aromatic N) is 2. The van der Waals surface area contributed by atoms with Crippen LogP contribution in [-0.2, 0) is 0 Å². The highest BCUT2D eigenvalue weighted by atomic mass is 19.1. The lowest BCUT2D eigenvalue weighted by atomic mass is 9.83. The van der Waals surface area contributed by atoms with E-state index in [2.05, 4.69) is 162 Å². The number of rotatable bonds is 4. The normalized spacial score (nSPS) is 11.9. The predicted molar refractivity (Wildman–Crippen MR) is 240 cm³/mol. The summed E-state index contributed by atoms with van der Waals surface area (Å²) in [6.45, 7) is 0. The highest BCUT2D eigenvalue weighted by molar-refractivity contribution is 6.27. The van der Waals surface area contributed by atoms with Gasteiger partial charge in [-0.2, -0.15) is 5.26 Å². The Labute approximate surface area is 333 Å². The van der Waals surface area contributed by atoms with Crippen molar-refractivity contribution in [3.8, 4) is 45.1 Å². The summed E-state index contributed by atoms with van der Waals surface area (Å²) in [5.41, 5.74) is 10.4. The van der Waals surface area contributed by atoms with Crippen LogP contribution >= 0.6 is 0 Å². The number of hydrogen-bond acceptors (Lipinski definition) is 1. The third kappa shape index (κ3) is 4.70. The van der Waals surface area contributed by atoms with Gasteiger partial charge in [0, 0.05) is 16.5 Å². The van der Waals surface area contributed by atoms with Gasteiger partial charge in [-0.3, -0.25) is 0 Å². The van der Waals surface area contributed by atoms with Crippen LogP contribution < -0.4 is 0 Å². The lowest BCUT2D eigenvalue weighted by Crippen LogP contribution is -1.95. The first-order valence-electron chi connectivity index (χ1n) is 19.6. The minimum Gasteiger partial charge on any atom is -0.309 e. The van der Waals surface area contributed by atoms with E-state index < -0.39 is 0 Å². The predicted octanol–water partition coefficient (Wildman–Crippen LogP) is 15.0. The molecule has 12 aromatic rings. The SMILES string of the molecule is N#Cc1cc2ccc3cc(-c4ccc5c(-c6cccc7ccccc67)c6ccccc6c(-c6cccc7ccccc67)c5c4)cc4c3c2c(c1)n4-c1ccc(F)cc1. The molecular formula is C55H31FN2. The van der Waals surface area contributed by atoms with Gasteiger partial charge in [0.25, 0.3) is 0 Å². The summed E-state index contributed by atoms with van der Waals surface area (Å²) >= 11 is 0. The van der Waals surface area contributed by atoms with Crippen LogP contribution in [0.1, 0.15) is 5.56 Å². The van der Waals surface area contributed by atoms with Crippen LogP contribution in [0.4, 0.5) is 4.39 Å². The summed E-state index contributed by atoms with van der Waals surface area (Å²) in [7, 11) is 0. The molecule has 0 aliphatic rings. The molecule has 3 heteroatoms. The lowest BCUT2D eigenvalue weighted by Gasteiger charge is -2.20. The van der Waals surface area contributed by atoms with Gasteiger partial charge in [0.05, 0.1) is 22.7 Å². The van der Waals surface area contributed by atoms with Crippen LogP contribution in [0, 0.1) is 17.1 Å². The van der Waals surface area contributed by atoms with E-state index in [0.717, 1.165) is 49.4 Å². The summed E-state index contributed by atoms with van der Waals surface area (Å²) in [6, 6.07) is 68.2. The maximum atomic E-state index is 14.3. The van der Waals surface area contributed by atoms with Gasteiger partial charge in [0.1, 0.15) is 5.82 Å². The third-order valence-electron chi connectivity index (χ3n) is 12.2. The first-order valence-corrected chi connectivity index (χ1v) is 19.6. The maximum absolute atomic E-state index is 14.3. The Bertz CT molecular complexity index is 3690. The highest BCUT2D eigenvalue weighted by Gasteiger charge is 2.22. The quantitative estimate of drug-likeness (QED) is 0.131. The fourth-order valence-corrected chi connectivity index (χ4v) is 9.69. The minimum atomic E-state index is -0.288. The Morgan fingerprint density at radius 2 is 0.931 bits per heavy atom. The van der Waals surface area contributed by atoms with Crippen molar-refractivity contribution in [3.63, 3.8) is 0 Å². The van der Waals surface area contributed by atoms with Crippen molar-refractivity contribution in [2.75, 3.05) is 0 Å². The van der Waals surface area contributed by atoms with Crippen molar-refractivity contribution < 1.29 is 4.39 Å². The first kappa shape index (κ1) is 32.4. The van der Waals surface area contributed by atoms with E-state index in [4.69, 9.17) is 0 Å². The molecule has 2 nitrogen and oxygen atoms in total. The number of fused-ring (bicyclic) bond motifs is 4. The van der Waals surface area contributed by atoms with E-state index in [0.29, 0.717) is 5.56 Å². The van der Waals surface area contributed by atoms with E-state index in [1.54, 1.807) is 0 Å². The molecule has 0 amide bonds. The van der Waals surface area contributed by atoms with Crippen molar-refractivity contribution in [2.45, 2.75) is 0 Å². The van der Waals surface area contributed by atoms with E-state index in [-0.39, 0.29) is 5.82 Å². The Morgan fingerprint density at radius 1 is 0.397 bits per heavy atom. The number of aromatic nitrogens is 1. The van der Waals surface area contributed by atoms with Gasteiger partial charge in [-0.1, -0.05) is 133 Å². The largest absolute Gasteiger partial charge is 0.309 e. The molecule has 0 bridgehead atoms. The minimum absolute atomic E-state index is 0.288. The summed E-state index contributed by atoms with van der Waals surface area (Å²) in [4.78, 5) is 0. The number of halogens is 1. The van der Waals surface area contributed by atoms with Gasteiger partial charge in [-0.15, -0.1) is 0 Å². The molecule has 58 heavy (non-hydrogen) atoms. The molecule has 268 valence electrons. The molecule has 0 saturated carbocycles. The molecule has 0 fully saturated rings. The first-order chi connectivity index (χ1) is 28.6. The summed E-state index contributed by atoms with van der Waals surface area (Å²) in [5, 5.41) is 24.0. The molecule has 0 aliphatic heterocycles. The van der Waals surface area contributed by atoms with Crippen LogP contribution in [0.25, 0.3) is 115 Å². The molecular weight excluding hydrogens is 708 g/mol. The highest BCUT2D eigenvalue weighted by Crippen LogP contribution is 2.48. The summed E-state index contributed by atoms with van der Waals surface area (Å²) in [5.74, 6) is -0.288. The van der Waals surface area contributed by atoms with Gasteiger partial charge in [-0.05, 0) is 142 Å². The van der Waals surface area contributed by atoms with Crippen LogP contribution in [0.15, 0.2) is 188 Å². The van der Waals surface area contributed by atoms with Gasteiger partial charge < -0.3 is 4.57 Å². The molecule has 0 unspecified atom stereocenters. The van der Waals surface area contributed by atoms with Crippen LogP contribution in [0.3, 0.4) is 0 Å².